The predicted molar refractivity (Wildman–Crippen MR) is 84.7 cm³/mol. The van der Waals surface area contributed by atoms with Gasteiger partial charge < -0.3 is 10.1 Å². The summed E-state index contributed by atoms with van der Waals surface area (Å²) in [5, 5.41) is 9.89. The molecule has 23 heavy (non-hydrogen) atoms. The molecule has 9 heteroatoms. The van der Waals surface area contributed by atoms with Crippen LogP contribution in [0.5, 0.6) is 5.88 Å². The molecular formula is C14H14N4O4S. The number of anilines is 2. The molecule has 0 saturated carbocycles. The van der Waals surface area contributed by atoms with Gasteiger partial charge in [-0.2, -0.15) is 0 Å². The number of nitrogens with zero attached hydrogens (tertiary/aromatic N) is 2. The molecular weight excluding hydrogens is 320 g/mol. The normalized spacial score (nSPS) is 10.7. The number of methoxy groups -OCH3 is 1. The van der Waals surface area contributed by atoms with Gasteiger partial charge >= 0.3 is 0 Å². The Morgan fingerprint density at radius 3 is 2.39 bits per heavy atom. The first-order valence-electron chi connectivity index (χ1n) is 6.38. The minimum Gasteiger partial charge on any atom is -0.480 e. The number of amides is 1. The Kier molecular flexibility index (Phi) is 4.91. The van der Waals surface area contributed by atoms with Crippen LogP contribution in [0, 0.1) is 0 Å². The van der Waals surface area contributed by atoms with E-state index in [1.807, 2.05) is 0 Å². The number of hydrogen-bond donors (Lipinski definition) is 2. The van der Waals surface area contributed by atoms with E-state index in [2.05, 4.69) is 26.8 Å². The van der Waals surface area contributed by atoms with Crippen molar-refractivity contribution in [3.63, 3.8) is 0 Å². The summed E-state index contributed by atoms with van der Waals surface area (Å²) in [6.07, 6.45) is 1.12. The summed E-state index contributed by atoms with van der Waals surface area (Å²) in [7, 11) is -2.38. The van der Waals surface area contributed by atoms with Crippen LogP contribution in [0.2, 0.25) is 0 Å². The first-order valence-corrected chi connectivity index (χ1v) is 7.87. The third kappa shape index (κ3) is 4.27. The van der Waals surface area contributed by atoms with Gasteiger partial charge in [-0.25, -0.2) is 8.42 Å². The zero-order chi connectivity index (χ0) is 16.9. The quantitative estimate of drug-likeness (QED) is 0.773. The van der Waals surface area contributed by atoms with E-state index < -0.39 is 10.0 Å². The van der Waals surface area contributed by atoms with Crippen molar-refractivity contribution in [1.29, 1.82) is 0 Å². The molecule has 0 atom stereocenters. The van der Waals surface area contributed by atoms with Crippen molar-refractivity contribution < 1.29 is 17.9 Å². The molecule has 1 aromatic heterocycles. The van der Waals surface area contributed by atoms with Crippen LogP contribution in [0.15, 0.2) is 53.9 Å². The van der Waals surface area contributed by atoms with E-state index in [0.29, 0.717) is 5.69 Å². The molecule has 8 nitrogen and oxygen atoms in total. The van der Waals surface area contributed by atoms with Gasteiger partial charge in [-0.3, -0.25) is 9.52 Å². The number of carbonyl (C=O) groups excluding carboxylic acids is 1. The minimum absolute atomic E-state index is 0.0201. The third-order valence-electron chi connectivity index (χ3n) is 2.71. The van der Waals surface area contributed by atoms with Crippen LogP contribution in [0.4, 0.5) is 11.5 Å². The van der Waals surface area contributed by atoms with Crippen molar-refractivity contribution in [2.45, 2.75) is 4.90 Å². The maximum absolute atomic E-state index is 12.2. The topological polar surface area (TPSA) is 110 Å². The second kappa shape index (κ2) is 6.88. The van der Waals surface area contributed by atoms with E-state index >= 15 is 0 Å². The van der Waals surface area contributed by atoms with Crippen molar-refractivity contribution in [1.82, 2.24) is 10.2 Å². The second-order valence-electron chi connectivity index (χ2n) is 4.28. The number of ether oxygens (including phenoxy) is 1. The molecule has 0 fully saturated rings. The molecule has 0 bridgehead atoms. The average Bonchev–Trinajstić information content (AvgIpc) is 2.55. The van der Waals surface area contributed by atoms with Gasteiger partial charge in [0.15, 0.2) is 5.82 Å². The fraction of sp³-hybridized carbons (Fsp3) is 0.0714. The fourth-order valence-corrected chi connectivity index (χ4v) is 2.59. The van der Waals surface area contributed by atoms with Crippen LogP contribution in [-0.4, -0.2) is 31.6 Å². The lowest BCUT2D eigenvalue weighted by molar-refractivity contribution is -0.111. The van der Waals surface area contributed by atoms with Crippen molar-refractivity contribution >= 4 is 27.4 Å². The maximum Gasteiger partial charge on any atom is 0.263 e. The summed E-state index contributed by atoms with van der Waals surface area (Å²) >= 11 is 0. The summed E-state index contributed by atoms with van der Waals surface area (Å²) < 4.78 is 31.6. The smallest absolute Gasteiger partial charge is 0.263 e. The summed E-state index contributed by atoms with van der Waals surface area (Å²) in [5.74, 6) is -0.0441. The summed E-state index contributed by atoms with van der Waals surface area (Å²) in [4.78, 5) is 11.2. The number of nitrogens with one attached hydrogen (secondary N) is 2. The molecule has 0 radical (unpaired) electrons. The molecule has 2 aromatic rings. The highest BCUT2D eigenvalue weighted by molar-refractivity contribution is 7.92. The van der Waals surface area contributed by atoms with Gasteiger partial charge in [0, 0.05) is 11.8 Å². The van der Waals surface area contributed by atoms with E-state index in [1.165, 1.54) is 43.5 Å². The lowest BCUT2D eigenvalue weighted by Crippen LogP contribution is -2.14. The zero-order valence-electron chi connectivity index (χ0n) is 12.2. The number of rotatable bonds is 6. The Labute approximate surface area is 133 Å². The van der Waals surface area contributed by atoms with Gasteiger partial charge in [0.2, 0.25) is 11.8 Å². The Hall–Kier alpha value is -2.94. The molecule has 0 aliphatic rings. The van der Waals surface area contributed by atoms with Gasteiger partial charge in [0.25, 0.3) is 10.0 Å². The number of carbonyl (C=O) groups is 1. The number of benzene rings is 1. The Morgan fingerprint density at radius 1 is 1.17 bits per heavy atom. The second-order valence-corrected chi connectivity index (χ2v) is 5.97. The SMILES string of the molecule is C=CC(=O)Nc1ccc(S(=O)(=O)Nc2ccc(OC)nn2)cc1. The van der Waals surface area contributed by atoms with E-state index in [1.54, 1.807) is 0 Å². The van der Waals surface area contributed by atoms with E-state index in [0.717, 1.165) is 6.08 Å². The van der Waals surface area contributed by atoms with Crippen molar-refractivity contribution in [3.8, 4) is 5.88 Å². The molecule has 0 spiro atoms. The van der Waals surface area contributed by atoms with E-state index in [9.17, 15) is 13.2 Å². The molecule has 1 amide bonds. The lowest BCUT2D eigenvalue weighted by atomic mass is 10.3. The number of aromatic nitrogens is 2. The average molecular weight is 334 g/mol. The maximum atomic E-state index is 12.2. The van der Waals surface area contributed by atoms with Crippen molar-refractivity contribution in [3.05, 3.63) is 49.1 Å². The van der Waals surface area contributed by atoms with Crippen LogP contribution in [0.3, 0.4) is 0 Å². The number of hydrogen-bond acceptors (Lipinski definition) is 6. The zero-order valence-corrected chi connectivity index (χ0v) is 13.0. The largest absolute Gasteiger partial charge is 0.480 e. The molecule has 1 heterocycles. The highest BCUT2D eigenvalue weighted by Crippen LogP contribution is 2.17. The molecule has 2 N–H and O–H groups in total. The van der Waals surface area contributed by atoms with Crippen molar-refractivity contribution in [2.24, 2.45) is 0 Å². The molecule has 0 aliphatic carbocycles. The summed E-state index contributed by atoms with van der Waals surface area (Å²) in [5.41, 5.74) is 0.457. The highest BCUT2D eigenvalue weighted by atomic mass is 32.2. The van der Waals surface area contributed by atoms with Gasteiger partial charge in [0.05, 0.1) is 12.0 Å². The molecule has 0 unspecified atom stereocenters. The van der Waals surface area contributed by atoms with Crippen molar-refractivity contribution in [2.75, 3.05) is 17.1 Å². The van der Waals surface area contributed by atoms with Crippen LogP contribution in [0.25, 0.3) is 0 Å². The monoisotopic (exact) mass is 334 g/mol. The lowest BCUT2D eigenvalue weighted by Gasteiger charge is -2.08. The van der Waals surface area contributed by atoms with E-state index in [-0.39, 0.29) is 22.5 Å². The summed E-state index contributed by atoms with van der Waals surface area (Å²) in [6, 6.07) is 8.57. The first kappa shape index (κ1) is 16.4. The van der Waals surface area contributed by atoms with E-state index in [4.69, 9.17) is 4.74 Å². The molecule has 1 aromatic carbocycles. The van der Waals surface area contributed by atoms with Gasteiger partial charge in [0.1, 0.15) is 0 Å². The van der Waals surface area contributed by atoms with Crippen LogP contribution >= 0.6 is 0 Å². The molecule has 120 valence electrons. The van der Waals surface area contributed by atoms with Gasteiger partial charge in [-0.05, 0) is 36.4 Å². The third-order valence-corrected chi connectivity index (χ3v) is 4.08. The molecule has 0 saturated heterocycles. The van der Waals surface area contributed by atoms with Gasteiger partial charge in [-0.1, -0.05) is 6.58 Å². The fourth-order valence-electron chi connectivity index (χ4n) is 1.59. The van der Waals surface area contributed by atoms with Crippen LogP contribution in [0.1, 0.15) is 0 Å². The summed E-state index contributed by atoms with van der Waals surface area (Å²) in [6.45, 7) is 3.33. The minimum atomic E-state index is -3.81. The molecule has 0 aliphatic heterocycles. The van der Waals surface area contributed by atoms with Crippen LogP contribution < -0.4 is 14.8 Å². The predicted octanol–water partition coefficient (Wildman–Crippen LogP) is 1.41. The Morgan fingerprint density at radius 2 is 1.87 bits per heavy atom. The Bertz CT molecular complexity index is 802. The van der Waals surface area contributed by atoms with Crippen LogP contribution in [-0.2, 0) is 14.8 Å². The Balaban J connectivity index is 2.15. The first-order chi connectivity index (χ1) is 10.9. The number of sulfonamides is 1. The van der Waals surface area contributed by atoms with Gasteiger partial charge in [-0.15, -0.1) is 10.2 Å². The standard InChI is InChI=1S/C14H14N4O4S/c1-3-13(19)15-10-4-6-11(7-5-10)23(20,21)18-12-8-9-14(22-2)17-16-12/h3-9H,1H2,2H3,(H,15,19)(H,16,18). The highest BCUT2D eigenvalue weighted by Gasteiger charge is 2.15. The molecule has 2 rings (SSSR count).